The molecule has 0 spiro atoms. The maximum Gasteiger partial charge on any atom is 0.340 e. The van der Waals surface area contributed by atoms with Gasteiger partial charge in [-0.3, -0.25) is 0 Å². The largest absolute Gasteiger partial charge is 0.493 e. The smallest absolute Gasteiger partial charge is 0.340 e. The summed E-state index contributed by atoms with van der Waals surface area (Å²) in [7, 11) is 1.63. The van der Waals surface area contributed by atoms with Gasteiger partial charge in [-0.1, -0.05) is 18.9 Å². The van der Waals surface area contributed by atoms with Gasteiger partial charge in [0.15, 0.2) is 12.4 Å². The molecule has 0 aromatic heterocycles. The molecule has 1 aromatic rings. The van der Waals surface area contributed by atoms with E-state index in [-0.39, 0.29) is 12.8 Å². The highest BCUT2D eigenvalue weighted by Gasteiger charge is 2.52. The Kier molecular flexibility index (Phi) is 10.1. The summed E-state index contributed by atoms with van der Waals surface area (Å²) in [5, 5.41) is 0. The molecule has 0 N–H and O–H groups in total. The van der Waals surface area contributed by atoms with Gasteiger partial charge in [0.2, 0.25) is 0 Å². The molecular weight excluding hydrogens is 364 g/mol. The van der Waals surface area contributed by atoms with Gasteiger partial charge in [0.25, 0.3) is 0 Å². The Morgan fingerprint density at radius 2 is 1.82 bits per heavy atom. The molecule has 0 bridgehead atoms. The summed E-state index contributed by atoms with van der Waals surface area (Å²) in [5.41, 5.74) is -0.653. The van der Waals surface area contributed by atoms with E-state index < -0.39 is 5.60 Å². The zero-order valence-electron chi connectivity index (χ0n) is 16.9. The number of ether oxygens (including phenoxy) is 6. The third-order valence-corrected chi connectivity index (χ3v) is 4.43. The van der Waals surface area contributed by atoms with Crippen molar-refractivity contribution in [1.29, 1.82) is 0 Å². The zero-order valence-corrected chi connectivity index (χ0v) is 16.9. The quantitative estimate of drug-likeness (QED) is 0.184. The minimum atomic E-state index is -0.653. The fraction of sp³-hybridized carbons (Fsp3) is 0.667. The standard InChI is InChI=1S/C21H32O7/c1-3-25-20(22)21(16-28-21)11-6-4-5-7-12-26-18-9-8-10-19(15-18)27-17-24-14-13-23-2/h8-10,15H,3-7,11-14,16-17H2,1-2H3. The summed E-state index contributed by atoms with van der Waals surface area (Å²) in [6.07, 6.45) is 4.72. The molecule has 7 nitrogen and oxygen atoms in total. The van der Waals surface area contributed by atoms with Crippen LogP contribution in [0, 0.1) is 0 Å². The average Bonchev–Trinajstić information content (AvgIpc) is 3.49. The molecule has 1 aromatic carbocycles. The lowest BCUT2D eigenvalue weighted by molar-refractivity contribution is -0.149. The topological polar surface area (TPSA) is 75.8 Å². The number of epoxide rings is 1. The van der Waals surface area contributed by atoms with E-state index in [0.29, 0.717) is 38.8 Å². The number of hydrogen-bond donors (Lipinski definition) is 0. The lowest BCUT2D eigenvalue weighted by Crippen LogP contribution is -2.27. The van der Waals surface area contributed by atoms with Crippen LogP contribution in [-0.4, -0.2) is 58.5 Å². The fourth-order valence-electron chi connectivity index (χ4n) is 2.73. The van der Waals surface area contributed by atoms with Crippen molar-refractivity contribution in [2.75, 3.05) is 46.9 Å². The molecule has 1 heterocycles. The van der Waals surface area contributed by atoms with Crippen LogP contribution in [0.1, 0.15) is 39.0 Å². The first-order chi connectivity index (χ1) is 13.7. The molecule has 2 rings (SSSR count). The molecule has 28 heavy (non-hydrogen) atoms. The maximum absolute atomic E-state index is 11.8. The molecule has 7 heteroatoms. The van der Waals surface area contributed by atoms with Gasteiger partial charge in [-0.05, 0) is 38.3 Å². The molecule has 1 atom stereocenters. The van der Waals surface area contributed by atoms with E-state index in [0.717, 1.165) is 37.9 Å². The minimum Gasteiger partial charge on any atom is -0.493 e. The highest BCUT2D eigenvalue weighted by molar-refractivity contribution is 5.82. The molecule has 1 saturated heterocycles. The summed E-state index contributed by atoms with van der Waals surface area (Å²) >= 11 is 0. The van der Waals surface area contributed by atoms with Crippen LogP contribution in [0.3, 0.4) is 0 Å². The van der Waals surface area contributed by atoms with E-state index in [1.165, 1.54) is 0 Å². The Bertz CT molecular complexity index is 572. The van der Waals surface area contributed by atoms with Crippen LogP contribution in [0.15, 0.2) is 24.3 Å². The number of esters is 1. The predicted molar refractivity (Wildman–Crippen MR) is 104 cm³/mol. The van der Waals surface area contributed by atoms with Crippen LogP contribution in [0.25, 0.3) is 0 Å². The van der Waals surface area contributed by atoms with Gasteiger partial charge >= 0.3 is 5.97 Å². The molecule has 1 aliphatic rings. The van der Waals surface area contributed by atoms with Gasteiger partial charge in [0.1, 0.15) is 11.5 Å². The minimum absolute atomic E-state index is 0.184. The Balaban J connectivity index is 1.52. The number of rotatable bonds is 16. The van der Waals surface area contributed by atoms with E-state index in [4.69, 9.17) is 28.4 Å². The number of carbonyl (C=O) groups excluding carboxylic acids is 1. The lowest BCUT2D eigenvalue weighted by atomic mass is 10.0. The molecule has 0 saturated carbocycles. The first kappa shape index (κ1) is 22.5. The Morgan fingerprint density at radius 1 is 1.07 bits per heavy atom. The highest BCUT2D eigenvalue weighted by Crippen LogP contribution is 2.34. The van der Waals surface area contributed by atoms with Crippen LogP contribution in [0.2, 0.25) is 0 Å². The van der Waals surface area contributed by atoms with Crippen molar-refractivity contribution in [1.82, 2.24) is 0 Å². The first-order valence-electron chi connectivity index (χ1n) is 9.94. The second-order valence-electron chi connectivity index (χ2n) is 6.65. The van der Waals surface area contributed by atoms with E-state index >= 15 is 0 Å². The first-order valence-corrected chi connectivity index (χ1v) is 9.94. The number of benzene rings is 1. The lowest BCUT2D eigenvalue weighted by Gasteiger charge is -2.11. The van der Waals surface area contributed by atoms with E-state index in [1.54, 1.807) is 7.11 Å². The van der Waals surface area contributed by atoms with Crippen molar-refractivity contribution in [3.63, 3.8) is 0 Å². The molecular formula is C21H32O7. The summed E-state index contributed by atoms with van der Waals surface area (Å²) in [4.78, 5) is 11.8. The summed E-state index contributed by atoms with van der Waals surface area (Å²) in [5.74, 6) is 1.27. The Labute approximate surface area is 167 Å². The second-order valence-corrected chi connectivity index (χ2v) is 6.65. The van der Waals surface area contributed by atoms with Crippen LogP contribution >= 0.6 is 0 Å². The van der Waals surface area contributed by atoms with Crippen LogP contribution in [-0.2, 0) is 23.7 Å². The van der Waals surface area contributed by atoms with Gasteiger partial charge in [-0.15, -0.1) is 0 Å². The Morgan fingerprint density at radius 3 is 2.54 bits per heavy atom. The van der Waals surface area contributed by atoms with Crippen molar-refractivity contribution >= 4 is 5.97 Å². The number of hydrogen-bond acceptors (Lipinski definition) is 7. The third-order valence-electron chi connectivity index (χ3n) is 4.43. The third kappa shape index (κ3) is 8.04. The molecule has 0 aliphatic carbocycles. The van der Waals surface area contributed by atoms with E-state index in [2.05, 4.69) is 0 Å². The molecule has 0 radical (unpaired) electrons. The molecule has 1 aliphatic heterocycles. The zero-order chi connectivity index (χ0) is 20.1. The van der Waals surface area contributed by atoms with E-state index in [1.807, 2.05) is 31.2 Å². The highest BCUT2D eigenvalue weighted by atomic mass is 16.7. The maximum atomic E-state index is 11.8. The average molecular weight is 396 g/mol. The molecule has 1 fully saturated rings. The fourth-order valence-corrected chi connectivity index (χ4v) is 2.73. The van der Waals surface area contributed by atoms with Gasteiger partial charge in [-0.2, -0.15) is 0 Å². The number of unbranched alkanes of at least 4 members (excludes halogenated alkanes) is 3. The summed E-state index contributed by atoms with van der Waals surface area (Å²) in [6, 6.07) is 7.52. The summed E-state index contributed by atoms with van der Waals surface area (Å²) in [6.45, 7) is 4.58. The number of methoxy groups -OCH3 is 1. The van der Waals surface area contributed by atoms with Crippen molar-refractivity contribution in [2.24, 2.45) is 0 Å². The monoisotopic (exact) mass is 396 g/mol. The SMILES string of the molecule is CCOC(=O)C1(CCCCCCOc2cccc(OCOCCOC)c2)CO1. The second kappa shape index (κ2) is 12.6. The van der Waals surface area contributed by atoms with E-state index in [9.17, 15) is 4.79 Å². The van der Waals surface area contributed by atoms with Crippen molar-refractivity contribution in [3.05, 3.63) is 24.3 Å². The van der Waals surface area contributed by atoms with Crippen molar-refractivity contribution < 1.29 is 33.2 Å². The van der Waals surface area contributed by atoms with Crippen molar-refractivity contribution in [2.45, 2.75) is 44.6 Å². The van der Waals surface area contributed by atoms with Crippen LogP contribution in [0.4, 0.5) is 0 Å². The summed E-state index contributed by atoms with van der Waals surface area (Å²) < 4.78 is 31.9. The Hall–Kier alpha value is -1.83. The van der Waals surface area contributed by atoms with Gasteiger partial charge in [0, 0.05) is 13.2 Å². The van der Waals surface area contributed by atoms with Crippen molar-refractivity contribution in [3.8, 4) is 11.5 Å². The van der Waals surface area contributed by atoms with Gasteiger partial charge in [0.05, 0.1) is 33.0 Å². The molecule has 0 amide bonds. The molecule has 158 valence electrons. The normalized spacial score (nSPS) is 17.9. The predicted octanol–water partition coefficient (Wildman–Crippen LogP) is 3.35. The van der Waals surface area contributed by atoms with Crippen LogP contribution < -0.4 is 9.47 Å². The van der Waals surface area contributed by atoms with Gasteiger partial charge < -0.3 is 28.4 Å². The van der Waals surface area contributed by atoms with Gasteiger partial charge in [-0.25, -0.2) is 4.79 Å². The van der Waals surface area contributed by atoms with Crippen LogP contribution in [0.5, 0.6) is 11.5 Å². The number of carbonyl (C=O) groups is 1. The molecule has 1 unspecified atom stereocenters.